The number of hydrogen-bond acceptors (Lipinski definition) is 4. The molecule has 0 aromatic heterocycles. The zero-order chi connectivity index (χ0) is 28.3. The zero-order valence-corrected chi connectivity index (χ0v) is 22.6. The Bertz CT molecular complexity index is 1570. The maximum absolute atomic E-state index is 14.1. The fourth-order valence-electron chi connectivity index (χ4n) is 5.93. The first-order chi connectivity index (χ1) is 20.0. The second kappa shape index (κ2) is 11.3. The summed E-state index contributed by atoms with van der Waals surface area (Å²) in [6.45, 7) is 1.23. The molecule has 0 aliphatic carbocycles. The summed E-state index contributed by atoms with van der Waals surface area (Å²) in [5, 5.41) is 14.9. The van der Waals surface area contributed by atoms with Crippen molar-refractivity contribution in [3.8, 4) is 5.75 Å². The maximum atomic E-state index is 14.1. The minimum absolute atomic E-state index is 0.134. The normalized spacial score (nSPS) is 18.9. The number of carbonyl (C=O) groups is 3. The van der Waals surface area contributed by atoms with Crippen LogP contribution in [0.1, 0.15) is 23.1 Å². The van der Waals surface area contributed by atoms with Gasteiger partial charge in [0.2, 0.25) is 11.8 Å². The molecule has 8 heteroatoms. The van der Waals surface area contributed by atoms with Crippen LogP contribution in [0, 0.1) is 0 Å². The van der Waals surface area contributed by atoms with Crippen LogP contribution < -0.4 is 5.32 Å². The van der Waals surface area contributed by atoms with Gasteiger partial charge in [0.1, 0.15) is 18.0 Å². The number of phenols is 1. The van der Waals surface area contributed by atoms with Crippen molar-refractivity contribution in [2.45, 2.75) is 38.1 Å². The smallest absolute Gasteiger partial charge is 0.319 e. The average molecular weight is 549 g/mol. The summed E-state index contributed by atoms with van der Waals surface area (Å²) in [7, 11) is 0. The molecule has 2 N–H and O–H groups in total. The average Bonchev–Trinajstić information content (AvgIpc) is 3.00. The summed E-state index contributed by atoms with van der Waals surface area (Å²) < 4.78 is 0. The van der Waals surface area contributed by atoms with E-state index in [0.717, 1.165) is 27.5 Å². The molecule has 2 saturated heterocycles. The van der Waals surface area contributed by atoms with E-state index < -0.39 is 12.2 Å². The predicted octanol–water partition coefficient (Wildman–Crippen LogP) is 4.27. The monoisotopic (exact) mass is 548 g/mol. The lowest BCUT2D eigenvalue weighted by Gasteiger charge is -2.52. The molecular weight excluding hydrogens is 516 g/mol. The molecule has 4 aromatic carbocycles. The van der Waals surface area contributed by atoms with E-state index in [2.05, 4.69) is 5.32 Å². The van der Waals surface area contributed by atoms with E-state index >= 15 is 0 Å². The van der Waals surface area contributed by atoms with Crippen LogP contribution in [-0.4, -0.2) is 62.9 Å². The van der Waals surface area contributed by atoms with Gasteiger partial charge in [-0.05, 0) is 39.6 Å². The van der Waals surface area contributed by atoms with Crippen LogP contribution in [0.15, 0.2) is 97.1 Å². The fraction of sp³-hybridized carbons (Fsp3) is 0.242. The first-order valence-corrected chi connectivity index (χ1v) is 13.9. The number of piperazine rings is 1. The van der Waals surface area contributed by atoms with Gasteiger partial charge in [-0.25, -0.2) is 4.79 Å². The lowest BCUT2D eigenvalue weighted by Crippen LogP contribution is -2.72. The first-order valence-electron chi connectivity index (χ1n) is 13.9. The number of fused-ring (bicyclic) bond motifs is 2. The van der Waals surface area contributed by atoms with Crippen molar-refractivity contribution in [2.75, 3.05) is 13.1 Å². The number of amides is 4. The van der Waals surface area contributed by atoms with Gasteiger partial charge in [-0.3, -0.25) is 9.59 Å². The molecule has 1 unspecified atom stereocenters. The van der Waals surface area contributed by atoms with Gasteiger partial charge in [-0.1, -0.05) is 84.9 Å². The lowest BCUT2D eigenvalue weighted by atomic mass is 9.96. The van der Waals surface area contributed by atoms with Crippen molar-refractivity contribution in [2.24, 2.45) is 0 Å². The Kier molecular flexibility index (Phi) is 7.29. The van der Waals surface area contributed by atoms with Crippen molar-refractivity contribution in [3.63, 3.8) is 0 Å². The molecule has 2 aliphatic rings. The van der Waals surface area contributed by atoms with Gasteiger partial charge in [0.05, 0.1) is 6.54 Å². The van der Waals surface area contributed by atoms with Crippen LogP contribution in [-0.2, 0) is 29.1 Å². The summed E-state index contributed by atoms with van der Waals surface area (Å²) >= 11 is 0. The lowest BCUT2D eigenvalue weighted by molar-refractivity contribution is -0.167. The molecule has 0 spiro atoms. The quantitative estimate of drug-likeness (QED) is 0.377. The fourth-order valence-corrected chi connectivity index (χ4v) is 5.93. The number of rotatable bonds is 6. The standard InChI is InChI=1S/C33H32N4O4/c38-27-15-13-23(14-16-27)19-29-32(40)35(21-26-11-6-10-25-9-4-5-12-28(25)26)22-30-36(18-17-31(39)37(29)30)33(41)34-20-24-7-2-1-3-8-24/h1-16,29-30,38H,17-22H2,(H,34,41)/t29?,30-/m1/s1. The second-order valence-corrected chi connectivity index (χ2v) is 10.6. The van der Waals surface area contributed by atoms with E-state index in [0.29, 0.717) is 13.1 Å². The van der Waals surface area contributed by atoms with E-state index in [9.17, 15) is 19.5 Å². The number of hydrogen-bond donors (Lipinski definition) is 2. The number of urea groups is 1. The predicted molar refractivity (Wildman–Crippen MR) is 156 cm³/mol. The molecule has 0 saturated carbocycles. The van der Waals surface area contributed by atoms with Gasteiger partial charge in [-0.2, -0.15) is 0 Å². The van der Waals surface area contributed by atoms with Crippen molar-refractivity contribution >= 4 is 28.6 Å². The largest absolute Gasteiger partial charge is 0.508 e. The highest BCUT2D eigenvalue weighted by Crippen LogP contribution is 2.30. The van der Waals surface area contributed by atoms with Crippen molar-refractivity contribution in [1.82, 2.24) is 20.0 Å². The Balaban J connectivity index is 1.32. The molecule has 8 nitrogen and oxygen atoms in total. The summed E-state index contributed by atoms with van der Waals surface area (Å²) in [5.41, 5.74) is 2.81. The Labute approximate surface area is 238 Å². The first kappa shape index (κ1) is 26.4. The van der Waals surface area contributed by atoms with Gasteiger partial charge in [0, 0.05) is 32.5 Å². The molecule has 2 fully saturated rings. The molecule has 0 radical (unpaired) electrons. The Morgan fingerprint density at radius 2 is 1.59 bits per heavy atom. The Hall–Kier alpha value is -4.85. The number of carbonyl (C=O) groups excluding carboxylic acids is 3. The minimum Gasteiger partial charge on any atom is -0.508 e. The molecule has 4 amide bonds. The van der Waals surface area contributed by atoms with Crippen molar-refractivity contribution in [1.29, 1.82) is 0 Å². The molecule has 2 heterocycles. The number of nitrogens with zero attached hydrogens (tertiary/aromatic N) is 3. The summed E-state index contributed by atoms with van der Waals surface area (Å²) in [4.78, 5) is 46.0. The highest BCUT2D eigenvalue weighted by molar-refractivity contribution is 5.92. The van der Waals surface area contributed by atoms with Crippen molar-refractivity contribution in [3.05, 3.63) is 114 Å². The summed E-state index contributed by atoms with van der Waals surface area (Å²) in [6, 6.07) is 29.4. The number of phenolic OH excluding ortho intramolecular Hbond substituents is 1. The number of benzene rings is 4. The zero-order valence-electron chi connectivity index (χ0n) is 22.6. The maximum Gasteiger partial charge on any atom is 0.319 e. The van der Waals surface area contributed by atoms with Crippen LogP contribution in [0.25, 0.3) is 10.8 Å². The number of aromatic hydroxyl groups is 1. The van der Waals surface area contributed by atoms with Crippen LogP contribution in [0.2, 0.25) is 0 Å². The second-order valence-electron chi connectivity index (χ2n) is 10.6. The molecule has 41 heavy (non-hydrogen) atoms. The van der Waals surface area contributed by atoms with Gasteiger partial charge in [0.25, 0.3) is 0 Å². The topological polar surface area (TPSA) is 93.2 Å². The van der Waals surface area contributed by atoms with E-state index in [1.54, 1.807) is 39.0 Å². The van der Waals surface area contributed by atoms with E-state index in [-0.39, 0.29) is 49.5 Å². The molecular formula is C33H32N4O4. The van der Waals surface area contributed by atoms with Gasteiger partial charge in [-0.15, -0.1) is 0 Å². The SMILES string of the molecule is O=C1C(Cc2ccc(O)cc2)N2C(=O)CCN(C(=O)NCc3ccccc3)[C@H]2CN1Cc1cccc2ccccc12. The minimum atomic E-state index is -0.773. The van der Waals surface area contributed by atoms with E-state index in [4.69, 9.17) is 0 Å². The van der Waals surface area contributed by atoms with E-state index in [1.807, 2.05) is 72.8 Å². The van der Waals surface area contributed by atoms with E-state index in [1.165, 1.54) is 0 Å². The summed E-state index contributed by atoms with van der Waals surface area (Å²) in [5.74, 6) is -0.152. The van der Waals surface area contributed by atoms with Gasteiger partial charge < -0.3 is 25.1 Å². The molecule has 4 aromatic rings. The third-order valence-electron chi connectivity index (χ3n) is 8.01. The molecule has 208 valence electrons. The molecule has 0 bridgehead atoms. The van der Waals surface area contributed by atoms with Crippen LogP contribution >= 0.6 is 0 Å². The molecule has 2 aliphatic heterocycles. The third-order valence-corrected chi connectivity index (χ3v) is 8.01. The number of nitrogens with one attached hydrogen (secondary N) is 1. The third kappa shape index (κ3) is 5.45. The molecule has 2 atom stereocenters. The van der Waals surface area contributed by atoms with Crippen LogP contribution in [0.4, 0.5) is 4.79 Å². The highest BCUT2D eigenvalue weighted by Gasteiger charge is 2.48. The Morgan fingerprint density at radius 1 is 0.854 bits per heavy atom. The molecule has 6 rings (SSSR count). The van der Waals surface area contributed by atoms with Crippen LogP contribution in [0.3, 0.4) is 0 Å². The summed E-state index contributed by atoms with van der Waals surface area (Å²) in [6.07, 6.45) is -0.160. The Morgan fingerprint density at radius 3 is 2.39 bits per heavy atom. The van der Waals surface area contributed by atoms with Crippen molar-refractivity contribution < 1.29 is 19.5 Å². The van der Waals surface area contributed by atoms with Gasteiger partial charge >= 0.3 is 6.03 Å². The van der Waals surface area contributed by atoms with Gasteiger partial charge in [0.15, 0.2) is 0 Å². The highest BCUT2D eigenvalue weighted by atomic mass is 16.3. The van der Waals surface area contributed by atoms with Crippen LogP contribution in [0.5, 0.6) is 5.75 Å².